The van der Waals surface area contributed by atoms with Crippen molar-refractivity contribution in [2.75, 3.05) is 6.61 Å². The van der Waals surface area contributed by atoms with Gasteiger partial charge in [-0.05, 0) is 37.5 Å². The number of carbonyl (C=O) groups excluding carboxylic acids is 1. The predicted molar refractivity (Wildman–Crippen MR) is 82.7 cm³/mol. The van der Waals surface area contributed by atoms with Gasteiger partial charge in [0.05, 0.1) is 6.61 Å². The Morgan fingerprint density at radius 2 is 1.32 bits per heavy atom. The van der Waals surface area contributed by atoms with Crippen LogP contribution in [0.1, 0.15) is 85.5 Å². The molecule has 0 bridgehead atoms. The number of hydrogen-bond acceptors (Lipinski definition) is 3. The molecular formula is C16H35NO2. The molecule has 0 heterocycles. The second kappa shape index (κ2) is 12.5. The SMILES string of the molecule is CCCOC(=O)CCC(CCC)(CCC)CCC.N. The first-order chi connectivity index (χ1) is 8.64. The quantitative estimate of drug-likeness (QED) is 0.522. The first-order valence-corrected chi connectivity index (χ1v) is 7.79. The zero-order valence-electron chi connectivity index (χ0n) is 13.6. The van der Waals surface area contributed by atoms with Crippen molar-refractivity contribution in [2.45, 2.75) is 85.5 Å². The maximum atomic E-state index is 11.6. The minimum Gasteiger partial charge on any atom is -0.466 e. The molecule has 0 aliphatic carbocycles. The summed E-state index contributed by atoms with van der Waals surface area (Å²) in [6, 6.07) is 0. The van der Waals surface area contributed by atoms with E-state index in [0.29, 0.717) is 18.4 Å². The summed E-state index contributed by atoms with van der Waals surface area (Å²) in [5, 5.41) is 0. The molecule has 3 heteroatoms. The van der Waals surface area contributed by atoms with Crippen molar-refractivity contribution in [3.05, 3.63) is 0 Å². The summed E-state index contributed by atoms with van der Waals surface area (Å²) >= 11 is 0. The van der Waals surface area contributed by atoms with Crippen molar-refractivity contribution >= 4 is 5.97 Å². The number of hydrogen-bond donors (Lipinski definition) is 1. The van der Waals surface area contributed by atoms with Gasteiger partial charge in [0.25, 0.3) is 0 Å². The minimum atomic E-state index is -0.00969. The third kappa shape index (κ3) is 9.04. The van der Waals surface area contributed by atoms with Crippen LogP contribution < -0.4 is 6.15 Å². The number of carbonyl (C=O) groups is 1. The standard InChI is InChI=1S/C16H32O2.H3N/c1-5-10-16(11-6-2,12-7-3)13-9-15(17)18-14-8-4;/h5-14H2,1-4H3;1H3. The zero-order valence-corrected chi connectivity index (χ0v) is 13.6. The van der Waals surface area contributed by atoms with Crippen LogP contribution in [0.15, 0.2) is 0 Å². The van der Waals surface area contributed by atoms with Crippen LogP contribution in [0.5, 0.6) is 0 Å². The van der Waals surface area contributed by atoms with E-state index in [4.69, 9.17) is 4.74 Å². The molecule has 3 nitrogen and oxygen atoms in total. The minimum absolute atomic E-state index is 0. The molecule has 3 N–H and O–H groups in total. The predicted octanol–water partition coefficient (Wildman–Crippen LogP) is 5.27. The van der Waals surface area contributed by atoms with Crippen molar-refractivity contribution in [3.63, 3.8) is 0 Å². The van der Waals surface area contributed by atoms with Crippen molar-refractivity contribution in [1.29, 1.82) is 0 Å². The van der Waals surface area contributed by atoms with Gasteiger partial charge >= 0.3 is 5.97 Å². The Labute approximate surface area is 120 Å². The molecule has 0 unspecified atom stereocenters. The van der Waals surface area contributed by atoms with E-state index in [2.05, 4.69) is 20.8 Å². The topological polar surface area (TPSA) is 61.3 Å². The zero-order chi connectivity index (χ0) is 13.9. The average molecular weight is 273 g/mol. The van der Waals surface area contributed by atoms with Crippen LogP contribution in [0.4, 0.5) is 0 Å². The maximum absolute atomic E-state index is 11.6. The second-order valence-corrected chi connectivity index (χ2v) is 5.47. The van der Waals surface area contributed by atoms with E-state index in [1.54, 1.807) is 0 Å². The summed E-state index contributed by atoms with van der Waals surface area (Å²) in [5.41, 5.74) is 0.378. The molecule has 19 heavy (non-hydrogen) atoms. The molecule has 0 spiro atoms. The van der Waals surface area contributed by atoms with Crippen molar-refractivity contribution in [1.82, 2.24) is 6.15 Å². The molecule has 0 atom stereocenters. The molecule has 0 aliphatic heterocycles. The highest BCUT2D eigenvalue weighted by atomic mass is 16.5. The van der Waals surface area contributed by atoms with Crippen LogP contribution in [0.3, 0.4) is 0 Å². The molecule has 0 saturated heterocycles. The Bertz CT molecular complexity index is 200. The van der Waals surface area contributed by atoms with Gasteiger partial charge in [-0.2, -0.15) is 0 Å². The van der Waals surface area contributed by atoms with E-state index in [1.165, 1.54) is 38.5 Å². The monoisotopic (exact) mass is 273 g/mol. The Hall–Kier alpha value is -0.570. The lowest BCUT2D eigenvalue weighted by Gasteiger charge is -2.33. The third-order valence-corrected chi connectivity index (χ3v) is 3.67. The molecule has 0 aliphatic rings. The van der Waals surface area contributed by atoms with Crippen molar-refractivity contribution in [2.24, 2.45) is 5.41 Å². The molecule has 0 rings (SSSR count). The molecule has 0 aromatic rings. The van der Waals surface area contributed by atoms with E-state index < -0.39 is 0 Å². The largest absolute Gasteiger partial charge is 0.466 e. The lowest BCUT2D eigenvalue weighted by Crippen LogP contribution is -2.22. The van der Waals surface area contributed by atoms with Crippen LogP contribution in [-0.4, -0.2) is 12.6 Å². The number of ether oxygens (including phenoxy) is 1. The fourth-order valence-corrected chi connectivity index (χ4v) is 3.00. The molecule has 0 radical (unpaired) electrons. The summed E-state index contributed by atoms with van der Waals surface area (Å²) in [4.78, 5) is 11.6. The van der Waals surface area contributed by atoms with Gasteiger partial charge in [0.2, 0.25) is 0 Å². The van der Waals surface area contributed by atoms with Gasteiger partial charge in [0, 0.05) is 6.42 Å². The number of rotatable bonds is 11. The molecule has 0 fully saturated rings. The average Bonchev–Trinajstić information content (AvgIpc) is 2.35. The third-order valence-electron chi connectivity index (χ3n) is 3.67. The molecule has 0 aromatic carbocycles. The summed E-state index contributed by atoms with van der Waals surface area (Å²) < 4.78 is 5.18. The van der Waals surface area contributed by atoms with E-state index >= 15 is 0 Å². The van der Waals surface area contributed by atoms with Gasteiger partial charge in [0.15, 0.2) is 0 Å². The summed E-state index contributed by atoms with van der Waals surface area (Å²) in [5.74, 6) is -0.00969. The first-order valence-electron chi connectivity index (χ1n) is 7.79. The molecule has 116 valence electrons. The van der Waals surface area contributed by atoms with Gasteiger partial charge < -0.3 is 10.9 Å². The van der Waals surface area contributed by atoms with Crippen LogP contribution >= 0.6 is 0 Å². The molecule has 0 aromatic heterocycles. The van der Waals surface area contributed by atoms with Gasteiger partial charge in [-0.3, -0.25) is 4.79 Å². The van der Waals surface area contributed by atoms with E-state index in [0.717, 1.165) is 12.8 Å². The fraction of sp³-hybridized carbons (Fsp3) is 0.938. The van der Waals surface area contributed by atoms with E-state index in [9.17, 15) is 4.79 Å². The Morgan fingerprint density at radius 1 is 0.842 bits per heavy atom. The normalized spacial score (nSPS) is 10.9. The van der Waals surface area contributed by atoms with Gasteiger partial charge in [-0.25, -0.2) is 0 Å². The van der Waals surface area contributed by atoms with Gasteiger partial charge in [-0.1, -0.05) is 47.0 Å². The summed E-state index contributed by atoms with van der Waals surface area (Å²) in [6.07, 6.45) is 9.89. The van der Waals surface area contributed by atoms with Gasteiger partial charge in [0.1, 0.15) is 0 Å². The summed E-state index contributed by atoms with van der Waals surface area (Å²) in [6.45, 7) is 9.34. The van der Waals surface area contributed by atoms with Crippen LogP contribution in [0.2, 0.25) is 0 Å². The van der Waals surface area contributed by atoms with E-state index in [1.807, 2.05) is 6.92 Å². The summed E-state index contributed by atoms with van der Waals surface area (Å²) in [7, 11) is 0. The number of esters is 1. The lowest BCUT2D eigenvalue weighted by atomic mass is 9.72. The highest BCUT2D eigenvalue weighted by Gasteiger charge is 2.28. The Kier molecular flexibility index (Phi) is 13.6. The van der Waals surface area contributed by atoms with E-state index in [-0.39, 0.29) is 12.1 Å². The van der Waals surface area contributed by atoms with Crippen LogP contribution in [0.25, 0.3) is 0 Å². The van der Waals surface area contributed by atoms with Gasteiger partial charge in [-0.15, -0.1) is 0 Å². The smallest absolute Gasteiger partial charge is 0.305 e. The molecule has 0 saturated carbocycles. The maximum Gasteiger partial charge on any atom is 0.305 e. The second-order valence-electron chi connectivity index (χ2n) is 5.47. The fourth-order valence-electron chi connectivity index (χ4n) is 3.00. The Morgan fingerprint density at radius 3 is 1.68 bits per heavy atom. The Balaban J connectivity index is 0. The van der Waals surface area contributed by atoms with Crippen LogP contribution in [0, 0.1) is 5.41 Å². The molecular weight excluding hydrogens is 238 g/mol. The molecule has 0 amide bonds. The highest BCUT2D eigenvalue weighted by Crippen LogP contribution is 2.39. The highest BCUT2D eigenvalue weighted by molar-refractivity contribution is 5.69. The lowest BCUT2D eigenvalue weighted by molar-refractivity contribution is -0.144. The van der Waals surface area contributed by atoms with Crippen molar-refractivity contribution in [3.8, 4) is 0 Å². The first kappa shape index (κ1) is 20.7. The van der Waals surface area contributed by atoms with Crippen molar-refractivity contribution < 1.29 is 9.53 Å². The van der Waals surface area contributed by atoms with Crippen LogP contribution in [-0.2, 0) is 9.53 Å².